The maximum Gasteiger partial charge on any atom is 0.339 e. The van der Waals surface area contributed by atoms with E-state index in [4.69, 9.17) is 11.6 Å². The third-order valence-corrected chi connectivity index (χ3v) is 5.41. The molecular formula is C17H14ClNO4. The fourth-order valence-corrected chi connectivity index (χ4v) is 4.27. The zero-order valence-electron chi connectivity index (χ0n) is 12.4. The third-order valence-electron chi connectivity index (χ3n) is 5.08. The largest absolute Gasteiger partial charge is 0.465 e. The number of esters is 1. The first-order valence-electron chi connectivity index (χ1n) is 7.47. The summed E-state index contributed by atoms with van der Waals surface area (Å²) >= 11 is 6.00. The minimum absolute atomic E-state index is 0.144. The molecule has 1 aromatic carbocycles. The molecule has 1 saturated carbocycles. The molecule has 3 aliphatic rings. The minimum atomic E-state index is -0.599. The Balaban J connectivity index is 1.73. The number of imide groups is 1. The van der Waals surface area contributed by atoms with Gasteiger partial charge in [-0.2, -0.15) is 0 Å². The standard InChI is InChI=1S/C17H14ClNO4/c1-23-17(22)11-7-10(4-5-12(11)18)19-15(20)13-8-2-3-9(6-8)14(13)16(19)21/h2-5,7-9,13-14H,6H2,1H3/t8-,9+,13-,14+. The maximum atomic E-state index is 12.7. The van der Waals surface area contributed by atoms with Gasteiger partial charge in [0.15, 0.2) is 0 Å². The molecule has 6 heteroatoms. The van der Waals surface area contributed by atoms with Crippen molar-refractivity contribution in [3.05, 3.63) is 40.9 Å². The summed E-state index contributed by atoms with van der Waals surface area (Å²) in [5, 5.41) is 0.224. The number of carbonyl (C=O) groups is 3. The van der Waals surface area contributed by atoms with E-state index in [1.165, 1.54) is 24.1 Å². The van der Waals surface area contributed by atoms with Crippen LogP contribution in [0.3, 0.4) is 0 Å². The third kappa shape index (κ3) is 1.89. The van der Waals surface area contributed by atoms with Crippen LogP contribution in [0.5, 0.6) is 0 Å². The molecule has 5 nitrogen and oxygen atoms in total. The fourth-order valence-electron chi connectivity index (χ4n) is 4.08. The Labute approximate surface area is 137 Å². The predicted molar refractivity (Wildman–Crippen MR) is 83.0 cm³/mol. The van der Waals surface area contributed by atoms with Crippen LogP contribution >= 0.6 is 11.6 Å². The molecule has 4 rings (SSSR count). The second-order valence-electron chi connectivity index (χ2n) is 6.17. The molecule has 2 fully saturated rings. The molecule has 0 unspecified atom stereocenters. The van der Waals surface area contributed by atoms with Gasteiger partial charge in [-0.25, -0.2) is 9.69 Å². The smallest absolute Gasteiger partial charge is 0.339 e. The summed E-state index contributed by atoms with van der Waals surface area (Å²) in [6.45, 7) is 0. The van der Waals surface area contributed by atoms with Gasteiger partial charge in [0.05, 0.1) is 35.2 Å². The molecule has 0 aromatic heterocycles. The van der Waals surface area contributed by atoms with Crippen molar-refractivity contribution in [2.45, 2.75) is 6.42 Å². The van der Waals surface area contributed by atoms with Crippen LogP contribution in [-0.4, -0.2) is 24.9 Å². The summed E-state index contributed by atoms with van der Waals surface area (Å²) in [6, 6.07) is 4.53. The highest BCUT2D eigenvalue weighted by molar-refractivity contribution is 6.34. The van der Waals surface area contributed by atoms with Crippen LogP contribution in [0, 0.1) is 23.7 Å². The number of benzene rings is 1. The quantitative estimate of drug-likeness (QED) is 0.474. The van der Waals surface area contributed by atoms with Gasteiger partial charge in [0.25, 0.3) is 0 Å². The van der Waals surface area contributed by atoms with Crippen LogP contribution in [0.1, 0.15) is 16.8 Å². The molecule has 1 heterocycles. The van der Waals surface area contributed by atoms with Crippen molar-refractivity contribution >= 4 is 35.1 Å². The second kappa shape index (κ2) is 4.93. The monoisotopic (exact) mass is 331 g/mol. The number of hydrogen-bond donors (Lipinski definition) is 0. The van der Waals surface area contributed by atoms with Gasteiger partial charge in [0.2, 0.25) is 11.8 Å². The Hall–Kier alpha value is -2.14. The Morgan fingerprint density at radius 1 is 1.17 bits per heavy atom. The first kappa shape index (κ1) is 14.5. The van der Waals surface area contributed by atoms with E-state index < -0.39 is 5.97 Å². The Bertz CT molecular complexity index is 742. The normalized spacial score (nSPS) is 31.0. The number of methoxy groups -OCH3 is 1. The first-order chi connectivity index (χ1) is 11.0. The molecule has 1 saturated heterocycles. The molecule has 1 aliphatic heterocycles. The predicted octanol–water partition coefficient (Wildman–Crippen LogP) is 2.44. The van der Waals surface area contributed by atoms with Gasteiger partial charge in [0, 0.05) is 0 Å². The van der Waals surface area contributed by atoms with E-state index in [-0.39, 0.29) is 46.1 Å². The topological polar surface area (TPSA) is 63.7 Å². The van der Waals surface area contributed by atoms with E-state index >= 15 is 0 Å². The molecule has 0 spiro atoms. The van der Waals surface area contributed by atoms with Gasteiger partial charge in [-0.1, -0.05) is 23.8 Å². The zero-order chi connectivity index (χ0) is 16.3. The van der Waals surface area contributed by atoms with Gasteiger partial charge >= 0.3 is 5.97 Å². The molecule has 2 aliphatic carbocycles. The van der Waals surface area contributed by atoms with E-state index in [9.17, 15) is 14.4 Å². The van der Waals surface area contributed by atoms with Crippen LogP contribution in [-0.2, 0) is 14.3 Å². The lowest BCUT2D eigenvalue weighted by atomic mass is 9.85. The molecule has 118 valence electrons. The highest BCUT2D eigenvalue weighted by Gasteiger charge is 2.59. The van der Waals surface area contributed by atoms with Gasteiger partial charge in [0.1, 0.15) is 0 Å². The van der Waals surface area contributed by atoms with Crippen molar-refractivity contribution in [2.75, 3.05) is 12.0 Å². The van der Waals surface area contributed by atoms with Crippen molar-refractivity contribution in [3.8, 4) is 0 Å². The summed E-state index contributed by atoms with van der Waals surface area (Å²) in [6.07, 6.45) is 4.97. The van der Waals surface area contributed by atoms with Crippen molar-refractivity contribution < 1.29 is 19.1 Å². The number of hydrogen-bond acceptors (Lipinski definition) is 4. The SMILES string of the molecule is COC(=O)c1cc(N2C(=O)[C@@H]3[C@H](C2=O)[C@@H]2C=C[C@H]3C2)ccc1Cl. The van der Waals surface area contributed by atoms with Crippen molar-refractivity contribution in [3.63, 3.8) is 0 Å². The Morgan fingerprint density at radius 3 is 2.35 bits per heavy atom. The highest BCUT2D eigenvalue weighted by atomic mass is 35.5. The van der Waals surface area contributed by atoms with Crippen LogP contribution < -0.4 is 4.90 Å². The fraction of sp³-hybridized carbons (Fsp3) is 0.353. The van der Waals surface area contributed by atoms with E-state index in [1.54, 1.807) is 6.07 Å². The van der Waals surface area contributed by atoms with Gasteiger partial charge in [-0.3, -0.25) is 9.59 Å². The number of allylic oxidation sites excluding steroid dienone is 2. The van der Waals surface area contributed by atoms with Gasteiger partial charge in [-0.15, -0.1) is 0 Å². The second-order valence-corrected chi connectivity index (χ2v) is 6.57. The molecular weight excluding hydrogens is 318 g/mol. The lowest BCUT2D eigenvalue weighted by Gasteiger charge is -2.18. The number of rotatable bonds is 2. The summed E-state index contributed by atoms with van der Waals surface area (Å²) in [7, 11) is 1.26. The summed E-state index contributed by atoms with van der Waals surface area (Å²) in [5.41, 5.74) is 0.518. The molecule has 0 radical (unpaired) electrons. The Kier molecular flexibility index (Phi) is 3.10. The average molecular weight is 332 g/mol. The molecule has 1 aromatic rings. The van der Waals surface area contributed by atoms with Crippen molar-refractivity contribution in [1.82, 2.24) is 0 Å². The number of nitrogens with zero attached hydrogens (tertiary/aromatic N) is 1. The van der Waals surface area contributed by atoms with Gasteiger partial charge in [-0.05, 0) is 36.5 Å². The number of halogens is 1. The zero-order valence-corrected chi connectivity index (χ0v) is 13.1. The number of fused-ring (bicyclic) bond motifs is 5. The van der Waals surface area contributed by atoms with E-state index in [1.807, 2.05) is 12.2 Å². The summed E-state index contributed by atoms with van der Waals surface area (Å²) in [5.74, 6) is -1.20. The molecule has 23 heavy (non-hydrogen) atoms. The van der Waals surface area contributed by atoms with Crippen LogP contribution in [0.4, 0.5) is 5.69 Å². The average Bonchev–Trinajstić information content (AvgIpc) is 3.22. The van der Waals surface area contributed by atoms with Crippen LogP contribution in [0.25, 0.3) is 0 Å². The van der Waals surface area contributed by atoms with E-state index in [0.29, 0.717) is 5.69 Å². The van der Waals surface area contributed by atoms with Crippen molar-refractivity contribution in [1.29, 1.82) is 0 Å². The highest BCUT2D eigenvalue weighted by Crippen LogP contribution is 2.53. The number of carbonyl (C=O) groups excluding carboxylic acids is 3. The number of ether oxygens (including phenoxy) is 1. The molecule has 0 N–H and O–H groups in total. The number of anilines is 1. The first-order valence-corrected chi connectivity index (χ1v) is 7.84. The van der Waals surface area contributed by atoms with Crippen LogP contribution in [0.15, 0.2) is 30.4 Å². The minimum Gasteiger partial charge on any atom is -0.465 e. The van der Waals surface area contributed by atoms with Crippen molar-refractivity contribution in [2.24, 2.45) is 23.7 Å². The van der Waals surface area contributed by atoms with E-state index in [0.717, 1.165) is 6.42 Å². The maximum absolute atomic E-state index is 12.7. The molecule has 2 amide bonds. The van der Waals surface area contributed by atoms with E-state index in [2.05, 4.69) is 4.74 Å². The number of amides is 2. The van der Waals surface area contributed by atoms with Gasteiger partial charge < -0.3 is 4.74 Å². The summed E-state index contributed by atoms with van der Waals surface area (Å²) < 4.78 is 4.69. The summed E-state index contributed by atoms with van der Waals surface area (Å²) in [4.78, 5) is 38.5. The molecule has 2 bridgehead atoms. The lowest BCUT2D eigenvalue weighted by Crippen LogP contribution is -2.33. The van der Waals surface area contributed by atoms with Crippen LogP contribution in [0.2, 0.25) is 5.02 Å². The molecule has 4 atom stereocenters. The lowest BCUT2D eigenvalue weighted by molar-refractivity contribution is -0.123. The Morgan fingerprint density at radius 2 is 1.78 bits per heavy atom.